The van der Waals surface area contributed by atoms with Gasteiger partial charge in [-0.2, -0.15) is 0 Å². The van der Waals surface area contributed by atoms with E-state index in [1.165, 1.54) is 10.9 Å². The molecule has 2 aromatic rings. The molecule has 0 saturated heterocycles. The molecule has 0 saturated carbocycles. The molecule has 10 nitrogen and oxygen atoms in total. The van der Waals surface area contributed by atoms with Crippen molar-refractivity contribution in [3.8, 4) is 5.69 Å². The molecule has 11 heteroatoms. The number of sulfonamides is 1. The molecule has 1 aromatic heterocycles. The minimum Gasteiger partial charge on any atom is -0.476 e. The van der Waals surface area contributed by atoms with Crippen molar-refractivity contribution in [2.45, 2.75) is 26.8 Å². The van der Waals surface area contributed by atoms with Crippen LogP contribution >= 0.6 is 0 Å². The summed E-state index contributed by atoms with van der Waals surface area (Å²) in [6, 6.07) is 5.51. The van der Waals surface area contributed by atoms with Crippen LogP contribution < -0.4 is 10.0 Å². The fourth-order valence-electron chi connectivity index (χ4n) is 2.27. The highest BCUT2D eigenvalue weighted by Crippen LogP contribution is 2.22. The first kappa shape index (κ1) is 20.5. The maximum absolute atomic E-state index is 12.6. The Bertz CT molecular complexity index is 962. The zero-order valence-corrected chi connectivity index (χ0v) is 16.1. The van der Waals surface area contributed by atoms with Crippen LogP contribution in [0.3, 0.4) is 0 Å². The Kier molecular flexibility index (Phi) is 5.66. The molecule has 0 aliphatic carbocycles. The quantitative estimate of drug-likeness (QED) is 0.658. The fourth-order valence-corrected chi connectivity index (χ4v) is 3.15. The zero-order chi connectivity index (χ0) is 20.4. The number of aromatic carboxylic acids is 1. The van der Waals surface area contributed by atoms with Crippen molar-refractivity contribution in [3.63, 3.8) is 0 Å². The molecular formula is C16H21N5O5S. The first-order chi connectivity index (χ1) is 12.4. The highest BCUT2D eigenvalue weighted by molar-refractivity contribution is 7.88. The smallest absolute Gasteiger partial charge is 0.358 e. The molecule has 1 atom stereocenters. The molecule has 0 aliphatic heterocycles. The van der Waals surface area contributed by atoms with Crippen LogP contribution in [0.1, 0.15) is 31.3 Å². The molecule has 146 valence electrons. The number of carboxylic acids is 1. The predicted molar refractivity (Wildman–Crippen MR) is 98.2 cm³/mol. The number of carbonyl (C=O) groups is 2. The van der Waals surface area contributed by atoms with Gasteiger partial charge in [0, 0.05) is 5.69 Å². The molecule has 0 aliphatic rings. The number of hydrogen-bond acceptors (Lipinski definition) is 6. The lowest BCUT2D eigenvalue weighted by Gasteiger charge is -2.29. The van der Waals surface area contributed by atoms with Crippen molar-refractivity contribution in [2.24, 2.45) is 5.41 Å². The Morgan fingerprint density at radius 1 is 1.26 bits per heavy atom. The number of carbonyl (C=O) groups excluding carboxylic acids is 1. The van der Waals surface area contributed by atoms with Gasteiger partial charge in [-0.15, -0.1) is 5.10 Å². The van der Waals surface area contributed by atoms with E-state index < -0.39 is 33.4 Å². The summed E-state index contributed by atoms with van der Waals surface area (Å²) in [4.78, 5) is 23.5. The van der Waals surface area contributed by atoms with Crippen LogP contribution in [0.4, 0.5) is 5.69 Å². The second-order valence-corrected chi connectivity index (χ2v) is 8.86. The number of carboxylic acid groups (broad SMARTS) is 1. The van der Waals surface area contributed by atoms with Gasteiger partial charge in [0.1, 0.15) is 6.04 Å². The van der Waals surface area contributed by atoms with Crippen molar-refractivity contribution >= 4 is 27.6 Å². The maximum atomic E-state index is 12.6. The minimum atomic E-state index is -3.59. The number of nitrogens with zero attached hydrogens (tertiary/aromatic N) is 3. The second kappa shape index (κ2) is 7.45. The normalized spacial score (nSPS) is 13.2. The van der Waals surface area contributed by atoms with E-state index >= 15 is 0 Å². The van der Waals surface area contributed by atoms with E-state index in [0.717, 1.165) is 6.26 Å². The van der Waals surface area contributed by atoms with E-state index in [2.05, 4.69) is 20.4 Å². The summed E-state index contributed by atoms with van der Waals surface area (Å²) in [5.41, 5.74) is 0.00719. The van der Waals surface area contributed by atoms with Crippen LogP contribution in [0.15, 0.2) is 30.5 Å². The van der Waals surface area contributed by atoms with Gasteiger partial charge in [0.15, 0.2) is 5.69 Å². The Morgan fingerprint density at radius 3 is 2.44 bits per heavy atom. The van der Waals surface area contributed by atoms with Crippen molar-refractivity contribution < 1.29 is 23.1 Å². The average Bonchev–Trinajstić information content (AvgIpc) is 3.01. The molecule has 1 heterocycles. The van der Waals surface area contributed by atoms with E-state index in [4.69, 9.17) is 5.11 Å². The summed E-state index contributed by atoms with van der Waals surface area (Å²) in [5, 5.41) is 18.9. The van der Waals surface area contributed by atoms with Crippen LogP contribution in [0.2, 0.25) is 0 Å². The van der Waals surface area contributed by atoms with E-state index in [1.807, 2.05) is 0 Å². The van der Waals surface area contributed by atoms with E-state index in [-0.39, 0.29) is 5.69 Å². The van der Waals surface area contributed by atoms with Crippen LogP contribution in [-0.2, 0) is 14.8 Å². The lowest BCUT2D eigenvalue weighted by molar-refractivity contribution is -0.119. The molecule has 0 bridgehead atoms. The van der Waals surface area contributed by atoms with Gasteiger partial charge in [-0.3, -0.25) is 4.79 Å². The predicted octanol–water partition coefficient (Wildman–Crippen LogP) is 0.868. The lowest BCUT2D eigenvalue weighted by atomic mass is 9.87. The van der Waals surface area contributed by atoms with Gasteiger partial charge in [-0.25, -0.2) is 22.6 Å². The van der Waals surface area contributed by atoms with Crippen molar-refractivity contribution in [2.75, 3.05) is 11.6 Å². The molecule has 1 unspecified atom stereocenters. The molecule has 0 radical (unpaired) electrons. The van der Waals surface area contributed by atoms with Crippen molar-refractivity contribution in [3.05, 3.63) is 36.2 Å². The topological polar surface area (TPSA) is 143 Å². The lowest BCUT2D eigenvalue weighted by Crippen LogP contribution is -2.51. The summed E-state index contributed by atoms with van der Waals surface area (Å²) in [6.07, 6.45) is 2.23. The zero-order valence-electron chi connectivity index (χ0n) is 15.3. The third-order valence-electron chi connectivity index (χ3n) is 3.55. The second-order valence-electron chi connectivity index (χ2n) is 7.08. The molecule has 3 N–H and O–H groups in total. The van der Waals surface area contributed by atoms with Gasteiger partial charge in [0.2, 0.25) is 15.9 Å². The first-order valence-electron chi connectivity index (χ1n) is 7.91. The molecule has 2 rings (SSSR count). The van der Waals surface area contributed by atoms with Gasteiger partial charge < -0.3 is 10.4 Å². The Hall–Kier alpha value is -2.79. The number of aromatic nitrogens is 3. The molecule has 27 heavy (non-hydrogen) atoms. The number of anilines is 1. The van der Waals surface area contributed by atoms with Gasteiger partial charge in [0.05, 0.1) is 18.1 Å². The number of amides is 1. The molecule has 1 aromatic carbocycles. The van der Waals surface area contributed by atoms with E-state index in [9.17, 15) is 18.0 Å². The monoisotopic (exact) mass is 395 g/mol. The van der Waals surface area contributed by atoms with Gasteiger partial charge in [-0.1, -0.05) is 32.1 Å². The number of benzene rings is 1. The molecule has 1 amide bonds. The SMILES string of the molecule is CC(C)(C)C(NS(C)(=O)=O)C(=O)Nc1cccc(-n2cc(C(=O)O)nn2)c1. The average molecular weight is 395 g/mol. The summed E-state index contributed by atoms with van der Waals surface area (Å²) in [7, 11) is -3.59. The third kappa shape index (κ3) is 5.59. The summed E-state index contributed by atoms with van der Waals surface area (Å²) in [5.74, 6) is -1.72. The van der Waals surface area contributed by atoms with Gasteiger partial charge >= 0.3 is 5.97 Å². The first-order valence-corrected chi connectivity index (χ1v) is 9.80. The maximum Gasteiger partial charge on any atom is 0.358 e. The molecule has 0 fully saturated rings. The number of rotatable bonds is 6. The third-order valence-corrected chi connectivity index (χ3v) is 4.21. The summed E-state index contributed by atoms with van der Waals surface area (Å²) < 4.78 is 26.8. The van der Waals surface area contributed by atoms with Crippen LogP contribution in [-0.4, -0.2) is 52.7 Å². The van der Waals surface area contributed by atoms with Gasteiger partial charge in [-0.05, 0) is 23.6 Å². The Balaban J connectivity index is 2.25. The number of hydrogen-bond donors (Lipinski definition) is 3. The Morgan fingerprint density at radius 2 is 1.93 bits per heavy atom. The van der Waals surface area contributed by atoms with E-state index in [0.29, 0.717) is 11.4 Å². The summed E-state index contributed by atoms with van der Waals surface area (Å²) in [6.45, 7) is 5.23. The van der Waals surface area contributed by atoms with Crippen LogP contribution in [0, 0.1) is 5.41 Å². The molecular weight excluding hydrogens is 374 g/mol. The highest BCUT2D eigenvalue weighted by atomic mass is 32.2. The van der Waals surface area contributed by atoms with Crippen molar-refractivity contribution in [1.82, 2.24) is 19.7 Å². The highest BCUT2D eigenvalue weighted by Gasteiger charge is 2.33. The minimum absolute atomic E-state index is 0.213. The number of nitrogens with one attached hydrogen (secondary N) is 2. The fraction of sp³-hybridized carbons (Fsp3) is 0.375. The standard InChI is InChI=1S/C16H21N5O5S/c1-16(2,3)13(19-27(4,25)26)14(22)17-10-6-5-7-11(8-10)21-9-12(15(23)24)18-20-21/h5-9,13,19H,1-4H3,(H,17,22)(H,23,24). The Labute approximate surface area is 156 Å². The van der Waals surface area contributed by atoms with E-state index in [1.54, 1.807) is 45.0 Å². The summed E-state index contributed by atoms with van der Waals surface area (Å²) >= 11 is 0. The van der Waals surface area contributed by atoms with Crippen LogP contribution in [0.5, 0.6) is 0 Å². The van der Waals surface area contributed by atoms with Gasteiger partial charge in [0.25, 0.3) is 0 Å². The largest absolute Gasteiger partial charge is 0.476 e. The molecule has 0 spiro atoms. The van der Waals surface area contributed by atoms with Crippen LogP contribution in [0.25, 0.3) is 5.69 Å². The van der Waals surface area contributed by atoms with Crippen molar-refractivity contribution in [1.29, 1.82) is 0 Å².